The molecular formula is C22H27N3OS3. The van der Waals surface area contributed by atoms with Crippen molar-refractivity contribution < 1.29 is 4.79 Å². The second-order valence-electron chi connectivity index (χ2n) is 6.55. The minimum absolute atomic E-state index is 0.0113. The Morgan fingerprint density at radius 2 is 1.72 bits per heavy atom. The van der Waals surface area contributed by atoms with E-state index in [-0.39, 0.29) is 5.91 Å². The predicted molar refractivity (Wildman–Crippen MR) is 129 cm³/mol. The molecule has 1 amide bonds. The topological polar surface area (TPSA) is 36.4 Å². The van der Waals surface area contributed by atoms with E-state index in [1.165, 1.54) is 4.90 Å². The van der Waals surface area contributed by atoms with Gasteiger partial charge in [-0.15, -0.1) is 23.5 Å². The highest BCUT2D eigenvalue weighted by Crippen LogP contribution is 2.32. The van der Waals surface area contributed by atoms with Crippen LogP contribution in [-0.2, 0) is 0 Å². The van der Waals surface area contributed by atoms with Crippen LogP contribution in [-0.4, -0.2) is 54.5 Å². The van der Waals surface area contributed by atoms with Gasteiger partial charge in [-0.1, -0.05) is 31.3 Å². The molecule has 154 valence electrons. The van der Waals surface area contributed by atoms with Gasteiger partial charge in [0.1, 0.15) is 0 Å². The van der Waals surface area contributed by atoms with Gasteiger partial charge in [0.2, 0.25) is 0 Å². The number of anilines is 1. The summed E-state index contributed by atoms with van der Waals surface area (Å²) in [7, 11) is 0. The lowest BCUT2D eigenvalue weighted by Gasteiger charge is -2.24. The maximum Gasteiger partial charge on any atom is 0.260 e. The first-order chi connectivity index (χ1) is 14.1. The average molecular weight is 446 g/mol. The van der Waals surface area contributed by atoms with Crippen LogP contribution in [0.25, 0.3) is 10.2 Å². The third-order valence-corrected chi connectivity index (χ3v) is 7.40. The summed E-state index contributed by atoms with van der Waals surface area (Å²) in [4.78, 5) is 24.7. The monoisotopic (exact) mass is 445 g/mol. The number of hydrogen-bond donors (Lipinski definition) is 0. The van der Waals surface area contributed by atoms with Gasteiger partial charge in [-0.05, 0) is 62.0 Å². The molecule has 1 heterocycles. The van der Waals surface area contributed by atoms with Crippen LogP contribution in [0.2, 0.25) is 0 Å². The summed E-state index contributed by atoms with van der Waals surface area (Å²) in [5.41, 5.74) is 1.65. The van der Waals surface area contributed by atoms with E-state index in [4.69, 9.17) is 4.98 Å². The summed E-state index contributed by atoms with van der Waals surface area (Å²) < 4.78 is 1.12. The number of aromatic nitrogens is 1. The van der Waals surface area contributed by atoms with E-state index in [0.29, 0.717) is 12.1 Å². The highest BCUT2D eigenvalue weighted by molar-refractivity contribution is 7.98. The number of fused-ring (bicyclic) bond motifs is 1. The molecule has 2 aromatic carbocycles. The highest BCUT2D eigenvalue weighted by Gasteiger charge is 2.22. The molecule has 7 heteroatoms. The molecule has 0 aliphatic heterocycles. The third-order valence-electron chi connectivity index (χ3n) is 4.91. The molecule has 0 saturated heterocycles. The normalized spacial score (nSPS) is 11.3. The van der Waals surface area contributed by atoms with Gasteiger partial charge in [0.05, 0.1) is 10.2 Å². The van der Waals surface area contributed by atoms with Crippen LogP contribution in [0, 0.1) is 0 Å². The van der Waals surface area contributed by atoms with Crippen LogP contribution in [0.1, 0.15) is 24.2 Å². The zero-order valence-corrected chi connectivity index (χ0v) is 19.8. The second-order valence-corrected chi connectivity index (χ2v) is 9.31. The predicted octanol–water partition coefficient (Wildman–Crippen LogP) is 5.73. The average Bonchev–Trinajstić information content (AvgIpc) is 3.19. The fourth-order valence-electron chi connectivity index (χ4n) is 3.11. The number of benzene rings is 2. The summed E-state index contributed by atoms with van der Waals surface area (Å²) >= 11 is 4.96. The number of thiazole rings is 1. The van der Waals surface area contributed by atoms with Gasteiger partial charge >= 0.3 is 0 Å². The zero-order chi connectivity index (χ0) is 20.8. The van der Waals surface area contributed by atoms with Gasteiger partial charge in [0, 0.05) is 28.4 Å². The Hall–Kier alpha value is -1.54. The molecule has 0 spiro atoms. The number of hydrogen-bond acceptors (Lipinski definition) is 6. The quantitative estimate of drug-likeness (QED) is 0.393. The summed E-state index contributed by atoms with van der Waals surface area (Å²) in [6, 6.07) is 14.1. The summed E-state index contributed by atoms with van der Waals surface area (Å²) in [5.74, 6) is 0.0113. The molecule has 0 radical (unpaired) electrons. The molecule has 29 heavy (non-hydrogen) atoms. The standard InChI is InChI=1S/C22H27N3OS3/c1-5-24(6-2)12-13-25(21(26)16-8-7-9-17(14-16)27-3)22-23-19-11-10-18(28-4)15-20(19)29-22/h7-11,14-15H,5-6,12-13H2,1-4H3. The van der Waals surface area contributed by atoms with Crippen molar-refractivity contribution in [3.05, 3.63) is 48.0 Å². The van der Waals surface area contributed by atoms with Gasteiger partial charge in [-0.3, -0.25) is 9.69 Å². The van der Waals surface area contributed by atoms with Crippen molar-refractivity contribution in [3.8, 4) is 0 Å². The van der Waals surface area contributed by atoms with Gasteiger partial charge < -0.3 is 4.90 Å². The Labute approximate surface area is 185 Å². The maximum absolute atomic E-state index is 13.5. The van der Waals surface area contributed by atoms with E-state index < -0.39 is 0 Å². The van der Waals surface area contributed by atoms with Crippen molar-refractivity contribution in [2.24, 2.45) is 0 Å². The molecule has 0 atom stereocenters. The van der Waals surface area contributed by atoms with Crippen molar-refractivity contribution in [1.82, 2.24) is 9.88 Å². The largest absolute Gasteiger partial charge is 0.302 e. The number of carbonyl (C=O) groups is 1. The zero-order valence-electron chi connectivity index (χ0n) is 17.3. The Bertz CT molecular complexity index is 969. The summed E-state index contributed by atoms with van der Waals surface area (Å²) in [6.45, 7) is 7.69. The Balaban J connectivity index is 1.96. The minimum Gasteiger partial charge on any atom is -0.302 e. The molecule has 0 saturated carbocycles. The van der Waals surface area contributed by atoms with Crippen molar-refractivity contribution >= 4 is 56.1 Å². The maximum atomic E-state index is 13.5. The van der Waals surface area contributed by atoms with Gasteiger partial charge in [0.25, 0.3) is 5.91 Å². The van der Waals surface area contributed by atoms with Gasteiger partial charge in [-0.2, -0.15) is 0 Å². The van der Waals surface area contributed by atoms with E-state index in [2.05, 4.69) is 37.1 Å². The van der Waals surface area contributed by atoms with E-state index >= 15 is 0 Å². The second kappa shape index (κ2) is 10.5. The van der Waals surface area contributed by atoms with Crippen LogP contribution in [0.3, 0.4) is 0 Å². The fraction of sp³-hybridized carbons (Fsp3) is 0.364. The Morgan fingerprint density at radius 1 is 1.00 bits per heavy atom. The molecule has 3 rings (SSSR count). The van der Waals surface area contributed by atoms with Crippen molar-refractivity contribution in [2.45, 2.75) is 23.6 Å². The Kier molecular flexibility index (Phi) is 8.00. The SMILES string of the molecule is CCN(CC)CCN(C(=O)c1cccc(SC)c1)c1nc2ccc(SC)cc2s1. The van der Waals surface area contributed by atoms with E-state index in [9.17, 15) is 4.79 Å². The van der Waals surface area contributed by atoms with Crippen molar-refractivity contribution in [1.29, 1.82) is 0 Å². The molecule has 3 aromatic rings. The van der Waals surface area contributed by atoms with Gasteiger partial charge in [0.15, 0.2) is 5.13 Å². The third kappa shape index (κ3) is 5.34. The number of amides is 1. The number of nitrogens with zero attached hydrogens (tertiary/aromatic N) is 3. The van der Waals surface area contributed by atoms with Crippen LogP contribution >= 0.6 is 34.9 Å². The first-order valence-electron chi connectivity index (χ1n) is 9.72. The molecule has 0 unspecified atom stereocenters. The molecule has 0 fully saturated rings. The lowest BCUT2D eigenvalue weighted by Crippen LogP contribution is -2.38. The van der Waals surface area contributed by atoms with Crippen molar-refractivity contribution in [2.75, 3.05) is 43.6 Å². The van der Waals surface area contributed by atoms with E-state index in [1.807, 2.05) is 41.5 Å². The lowest BCUT2D eigenvalue weighted by molar-refractivity contribution is 0.0983. The van der Waals surface area contributed by atoms with Crippen LogP contribution in [0.4, 0.5) is 5.13 Å². The fourth-order valence-corrected chi connectivity index (χ4v) is 5.12. The van der Waals surface area contributed by atoms with Crippen LogP contribution in [0.15, 0.2) is 52.3 Å². The van der Waals surface area contributed by atoms with Crippen LogP contribution in [0.5, 0.6) is 0 Å². The molecule has 0 aliphatic rings. The molecular weight excluding hydrogens is 418 g/mol. The number of likely N-dealkylation sites (N-methyl/N-ethyl adjacent to an activating group) is 1. The number of carbonyl (C=O) groups excluding carboxylic acids is 1. The first kappa shape index (κ1) is 22.2. The van der Waals surface area contributed by atoms with Crippen LogP contribution < -0.4 is 4.90 Å². The first-order valence-corrected chi connectivity index (χ1v) is 13.0. The smallest absolute Gasteiger partial charge is 0.260 e. The summed E-state index contributed by atoms with van der Waals surface area (Å²) in [5, 5.41) is 0.768. The molecule has 1 aromatic heterocycles. The molecule has 0 aliphatic carbocycles. The minimum atomic E-state index is 0.0113. The highest BCUT2D eigenvalue weighted by atomic mass is 32.2. The van der Waals surface area contributed by atoms with Crippen molar-refractivity contribution in [3.63, 3.8) is 0 Å². The van der Waals surface area contributed by atoms with E-state index in [0.717, 1.165) is 39.9 Å². The molecule has 0 bridgehead atoms. The molecule has 4 nitrogen and oxygen atoms in total. The number of thioether (sulfide) groups is 2. The Morgan fingerprint density at radius 3 is 2.41 bits per heavy atom. The summed E-state index contributed by atoms with van der Waals surface area (Å²) in [6.07, 6.45) is 4.10. The lowest BCUT2D eigenvalue weighted by atomic mass is 10.2. The van der Waals surface area contributed by atoms with E-state index in [1.54, 1.807) is 34.9 Å². The molecule has 0 N–H and O–H groups in total. The number of rotatable bonds is 9. The van der Waals surface area contributed by atoms with Gasteiger partial charge in [-0.25, -0.2) is 4.98 Å².